The molecule has 0 aromatic rings. The molecule has 16 heavy (non-hydrogen) atoms. The third kappa shape index (κ3) is 7.20. The Morgan fingerprint density at radius 2 is 1.81 bits per heavy atom. The van der Waals surface area contributed by atoms with Crippen molar-refractivity contribution in [3.8, 4) is 0 Å². The number of rotatable bonds is 6. The third-order valence-electron chi connectivity index (χ3n) is 2.94. The normalized spacial score (nSPS) is 20.6. The predicted molar refractivity (Wildman–Crippen MR) is 68.9 cm³/mol. The van der Waals surface area contributed by atoms with Gasteiger partial charge in [-0.1, -0.05) is 26.7 Å². The van der Waals surface area contributed by atoms with E-state index in [-0.39, 0.29) is 0 Å². The first-order chi connectivity index (χ1) is 7.79. The average Bonchev–Trinajstić information content (AvgIpc) is 2.75. The van der Waals surface area contributed by atoms with Gasteiger partial charge in [0, 0.05) is 26.8 Å². The van der Waals surface area contributed by atoms with E-state index in [0.29, 0.717) is 6.04 Å². The summed E-state index contributed by atoms with van der Waals surface area (Å²) in [5.74, 6) is 0. The number of unbranched alkanes of at least 4 members (excludes halogenated alkanes) is 1. The molecule has 0 aromatic carbocycles. The van der Waals surface area contributed by atoms with Crippen LogP contribution in [0.15, 0.2) is 0 Å². The van der Waals surface area contributed by atoms with E-state index in [2.05, 4.69) is 18.7 Å². The van der Waals surface area contributed by atoms with Gasteiger partial charge in [0.2, 0.25) is 0 Å². The zero-order valence-electron chi connectivity index (χ0n) is 11.5. The van der Waals surface area contributed by atoms with E-state index in [9.17, 15) is 0 Å². The lowest BCUT2D eigenvalue weighted by Crippen LogP contribution is -2.35. The summed E-state index contributed by atoms with van der Waals surface area (Å²) in [6.45, 7) is 8.31. The molecule has 1 heterocycles. The topological polar surface area (TPSA) is 21.7 Å². The van der Waals surface area contributed by atoms with Gasteiger partial charge in [-0.25, -0.2) is 0 Å². The molecule has 1 aliphatic rings. The van der Waals surface area contributed by atoms with Gasteiger partial charge in [-0.2, -0.15) is 0 Å². The minimum atomic E-state index is 0.630. The van der Waals surface area contributed by atoms with Crippen molar-refractivity contribution < 1.29 is 9.47 Å². The summed E-state index contributed by atoms with van der Waals surface area (Å²) >= 11 is 0. The van der Waals surface area contributed by atoms with E-state index in [1.807, 2.05) is 0 Å². The van der Waals surface area contributed by atoms with Crippen molar-refractivity contribution in [2.45, 2.75) is 45.6 Å². The second-order valence-electron chi connectivity index (χ2n) is 4.28. The van der Waals surface area contributed by atoms with Crippen LogP contribution in [0, 0.1) is 0 Å². The third-order valence-corrected chi connectivity index (χ3v) is 2.94. The van der Waals surface area contributed by atoms with Gasteiger partial charge >= 0.3 is 0 Å². The molecule has 3 nitrogen and oxygen atoms in total. The van der Waals surface area contributed by atoms with Crippen LogP contribution < -0.4 is 0 Å². The molecular formula is C13H29NO2. The molecule has 0 unspecified atom stereocenters. The van der Waals surface area contributed by atoms with Gasteiger partial charge in [-0.3, -0.25) is 4.90 Å². The Kier molecular flexibility index (Phi) is 11.3. The molecule has 0 aromatic heterocycles. The highest BCUT2D eigenvalue weighted by molar-refractivity contribution is 4.78. The summed E-state index contributed by atoms with van der Waals surface area (Å²) in [5, 5.41) is 0. The Balaban J connectivity index is 0.000000487. The lowest BCUT2D eigenvalue weighted by Gasteiger charge is -2.22. The number of hydrogen-bond donors (Lipinski definition) is 0. The maximum absolute atomic E-state index is 5.15. The van der Waals surface area contributed by atoms with Gasteiger partial charge in [0.15, 0.2) is 0 Å². The molecule has 0 amide bonds. The van der Waals surface area contributed by atoms with Crippen LogP contribution in [0.1, 0.15) is 39.5 Å². The van der Waals surface area contributed by atoms with Crippen molar-refractivity contribution in [2.75, 3.05) is 40.5 Å². The maximum atomic E-state index is 5.15. The first-order valence-corrected chi connectivity index (χ1v) is 6.52. The minimum absolute atomic E-state index is 0.630. The minimum Gasteiger partial charge on any atom is -0.383 e. The van der Waals surface area contributed by atoms with Crippen LogP contribution in [0.3, 0.4) is 0 Å². The van der Waals surface area contributed by atoms with Crippen molar-refractivity contribution in [3.05, 3.63) is 0 Å². The number of likely N-dealkylation sites (tertiary alicyclic amines) is 1. The van der Waals surface area contributed by atoms with Gasteiger partial charge in [-0.05, 0) is 19.4 Å². The lowest BCUT2D eigenvalue weighted by atomic mass is 10.2. The largest absolute Gasteiger partial charge is 0.383 e. The summed E-state index contributed by atoms with van der Waals surface area (Å²) in [6, 6.07) is 0.630. The number of hydrogen-bond acceptors (Lipinski definition) is 3. The Labute approximate surface area is 101 Å². The average molecular weight is 231 g/mol. The number of ether oxygens (including phenoxy) is 2. The van der Waals surface area contributed by atoms with E-state index in [1.54, 1.807) is 14.2 Å². The maximum Gasteiger partial charge on any atom is 0.0618 e. The van der Waals surface area contributed by atoms with Crippen molar-refractivity contribution >= 4 is 0 Å². The number of methoxy groups -OCH3 is 2. The Morgan fingerprint density at radius 3 is 2.31 bits per heavy atom. The fraction of sp³-hybridized carbons (Fsp3) is 1.00. The second-order valence-corrected chi connectivity index (χ2v) is 4.28. The van der Waals surface area contributed by atoms with E-state index in [0.717, 1.165) is 19.8 Å². The molecule has 98 valence electrons. The Morgan fingerprint density at radius 1 is 1.12 bits per heavy atom. The summed E-state index contributed by atoms with van der Waals surface area (Å²) < 4.78 is 10.2. The van der Waals surface area contributed by atoms with E-state index in [1.165, 1.54) is 32.2 Å². The van der Waals surface area contributed by atoms with Crippen LogP contribution in [0.4, 0.5) is 0 Å². The quantitative estimate of drug-likeness (QED) is 0.701. The second kappa shape index (κ2) is 11.4. The fourth-order valence-corrected chi connectivity index (χ4v) is 1.78. The smallest absolute Gasteiger partial charge is 0.0618 e. The van der Waals surface area contributed by atoms with Gasteiger partial charge in [0.1, 0.15) is 0 Å². The molecule has 0 radical (unpaired) electrons. The van der Waals surface area contributed by atoms with Crippen molar-refractivity contribution in [3.63, 3.8) is 0 Å². The summed E-state index contributed by atoms with van der Waals surface area (Å²) in [7, 11) is 3.52. The highest BCUT2D eigenvalue weighted by Crippen LogP contribution is 2.16. The highest BCUT2D eigenvalue weighted by atomic mass is 16.5. The Bertz CT molecular complexity index is 140. The van der Waals surface area contributed by atoms with Crippen LogP contribution in [0.2, 0.25) is 0 Å². The molecule has 3 heteroatoms. The lowest BCUT2D eigenvalue weighted by molar-refractivity contribution is 0.0911. The van der Waals surface area contributed by atoms with Crippen LogP contribution in [-0.4, -0.2) is 51.5 Å². The molecule has 0 bridgehead atoms. The van der Waals surface area contributed by atoms with Gasteiger partial charge in [0.25, 0.3) is 0 Å². The van der Waals surface area contributed by atoms with Crippen molar-refractivity contribution in [2.24, 2.45) is 0 Å². The fourth-order valence-electron chi connectivity index (χ4n) is 1.78. The van der Waals surface area contributed by atoms with Crippen LogP contribution >= 0.6 is 0 Å². The molecule has 0 aliphatic carbocycles. The van der Waals surface area contributed by atoms with E-state index < -0.39 is 0 Å². The summed E-state index contributed by atoms with van der Waals surface area (Å²) in [6.07, 6.45) is 5.22. The predicted octanol–water partition coefficient (Wildman–Crippen LogP) is 2.55. The molecule has 1 atom stereocenters. The molecule has 1 aliphatic heterocycles. The summed E-state index contributed by atoms with van der Waals surface area (Å²) in [5.41, 5.74) is 0. The zero-order chi connectivity index (χ0) is 12.2. The van der Waals surface area contributed by atoms with E-state index in [4.69, 9.17) is 9.47 Å². The molecular weight excluding hydrogens is 202 g/mol. The van der Waals surface area contributed by atoms with Gasteiger partial charge < -0.3 is 9.47 Å². The highest BCUT2D eigenvalue weighted by Gasteiger charge is 2.23. The first kappa shape index (κ1) is 15.9. The van der Waals surface area contributed by atoms with Crippen LogP contribution in [0.25, 0.3) is 0 Å². The molecule has 0 saturated carbocycles. The molecule has 0 N–H and O–H groups in total. The van der Waals surface area contributed by atoms with Crippen molar-refractivity contribution in [1.29, 1.82) is 0 Å². The monoisotopic (exact) mass is 231 g/mol. The van der Waals surface area contributed by atoms with Crippen LogP contribution in [0.5, 0.6) is 0 Å². The molecule has 1 rings (SSSR count). The molecule has 0 spiro atoms. The Hall–Kier alpha value is -0.120. The van der Waals surface area contributed by atoms with Crippen molar-refractivity contribution in [1.82, 2.24) is 4.90 Å². The van der Waals surface area contributed by atoms with Crippen LogP contribution in [-0.2, 0) is 9.47 Å². The number of nitrogens with zero attached hydrogens (tertiary/aromatic N) is 1. The first-order valence-electron chi connectivity index (χ1n) is 6.52. The molecule has 1 saturated heterocycles. The SMILES string of the molecule is CCCC.COCCN1CCC[C@H]1COC. The zero-order valence-corrected chi connectivity index (χ0v) is 11.5. The van der Waals surface area contributed by atoms with Gasteiger partial charge in [-0.15, -0.1) is 0 Å². The molecule has 1 fully saturated rings. The van der Waals surface area contributed by atoms with E-state index >= 15 is 0 Å². The standard InChI is InChI=1S/C9H19NO2.C4H10/c1-11-7-6-10-5-3-4-9(10)8-12-2;1-3-4-2/h9H,3-8H2,1-2H3;3-4H2,1-2H3/t9-;/m0./s1. The summed E-state index contributed by atoms with van der Waals surface area (Å²) in [4.78, 5) is 2.45. The van der Waals surface area contributed by atoms with Gasteiger partial charge in [0.05, 0.1) is 13.2 Å².